The molecule has 2 heterocycles. The Morgan fingerprint density at radius 1 is 1.25 bits per heavy atom. The third-order valence-electron chi connectivity index (χ3n) is 4.87. The van der Waals surface area contributed by atoms with Crippen molar-refractivity contribution < 1.29 is 13.6 Å². The van der Waals surface area contributed by atoms with Crippen LogP contribution in [-0.4, -0.2) is 28.0 Å². The van der Waals surface area contributed by atoms with E-state index >= 15 is 0 Å². The molecule has 0 spiro atoms. The van der Waals surface area contributed by atoms with Gasteiger partial charge in [0.2, 0.25) is 5.89 Å². The lowest BCUT2D eigenvalue weighted by molar-refractivity contribution is 0.176. The quantitative estimate of drug-likeness (QED) is 0.657. The lowest BCUT2D eigenvalue weighted by Gasteiger charge is -2.28. The summed E-state index contributed by atoms with van der Waals surface area (Å²) in [5.74, 6) is 0.258. The minimum atomic E-state index is -0.305. The van der Waals surface area contributed by atoms with E-state index in [1.807, 2.05) is 39.0 Å². The number of carbonyl (C=O) groups excluding carboxylic acids is 1. The van der Waals surface area contributed by atoms with Gasteiger partial charge in [-0.15, -0.1) is 0 Å². The number of nitrogens with zero attached hydrogens (tertiary/aromatic N) is 2. The van der Waals surface area contributed by atoms with Crippen LogP contribution in [0.25, 0.3) is 22.2 Å². The average molecular weight is 381 g/mol. The van der Waals surface area contributed by atoms with E-state index in [2.05, 4.69) is 10.3 Å². The minimum absolute atomic E-state index is 0.107. The predicted molar refractivity (Wildman–Crippen MR) is 106 cm³/mol. The largest absolute Gasteiger partial charge is 0.438 e. The zero-order valence-corrected chi connectivity index (χ0v) is 16.3. The second-order valence-electron chi connectivity index (χ2n) is 8.25. The van der Waals surface area contributed by atoms with Gasteiger partial charge < -0.3 is 14.6 Å². The van der Waals surface area contributed by atoms with Crippen molar-refractivity contribution >= 4 is 17.1 Å². The van der Waals surface area contributed by atoms with Crippen molar-refractivity contribution in [1.29, 1.82) is 0 Å². The molecule has 0 bridgehead atoms. The van der Waals surface area contributed by atoms with Crippen LogP contribution in [0.15, 0.2) is 46.9 Å². The Balaban J connectivity index is 1.64. The molecule has 1 fully saturated rings. The van der Waals surface area contributed by atoms with Gasteiger partial charge >= 0.3 is 6.03 Å². The fourth-order valence-electron chi connectivity index (χ4n) is 3.61. The highest BCUT2D eigenvalue weighted by atomic mass is 19.1. The average Bonchev–Trinajstić information content (AvgIpc) is 3.26. The second kappa shape index (κ2) is 6.93. The van der Waals surface area contributed by atoms with Crippen molar-refractivity contribution in [2.45, 2.75) is 45.2 Å². The van der Waals surface area contributed by atoms with Crippen molar-refractivity contribution in [3.05, 3.63) is 54.2 Å². The van der Waals surface area contributed by atoms with E-state index in [0.717, 1.165) is 18.4 Å². The summed E-state index contributed by atoms with van der Waals surface area (Å²) < 4.78 is 20.1. The summed E-state index contributed by atoms with van der Waals surface area (Å²) in [4.78, 5) is 19.1. The molecule has 1 aromatic heterocycles. The van der Waals surface area contributed by atoms with Gasteiger partial charge in [-0.25, -0.2) is 14.2 Å². The number of urea groups is 1. The molecule has 3 aromatic rings. The third-order valence-corrected chi connectivity index (χ3v) is 4.87. The highest BCUT2D eigenvalue weighted by molar-refractivity contribution is 5.81. The number of rotatable bonds is 2. The number of benzene rings is 2. The van der Waals surface area contributed by atoms with Gasteiger partial charge in [0.05, 0.1) is 0 Å². The maximum absolute atomic E-state index is 14.1. The van der Waals surface area contributed by atoms with E-state index in [-0.39, 0.29) is 23.4 Å². The van der Waals surface area contributed by atoms with Crippen molar-refractivity contribution in [1.82, 2.24) is 15.2 Å². The number of oxazole rings is 1. The Morgan fingerprint density at radius 2 is 2.04 bits per heavy atom. The monoisotopic (exact) mass is 381 g/mol. The Morgan fingerprint density at radius 3 is 2.79 bits per heavy atom. The van der Waals surface area contributed by atoms with Crippen LogP contribution in [-0.2, 0) is 0 Å². The molecule has 146 valence electrons. The lowest BCUT2D eigenvalue weighted by Crippen LogP contribution is -2.48. The van der Waals surface area contributed by atoms with E-state index in [0.29, 0.717) is 29.1 Å². The van der Waals surface area contributed by atoms with Crippen LogP contribution in [0.2, 0.25) is 0 Å². The Kier molecular flexibility index (Phi) is 4.57. The molecule has 2 amide bonds. The maximum Gasteiger partial charge on any atom is 0.318 e. The molecule has 0 aliphatic carbocycles. The fourth-order valence-corrected chi connectivity index (χ4v) is 3.61. The molecule has 28 heavy (non-hydrogen) atoms. The van der Waals surface area contributed by atoms with Gasteiger partial charge in [0, 0.05) is 17.6 Å². The van der Waals surface area contributed by atoms with E-state index in [4.69, 9.17) is 4.42 Å². The third kappa shape index (κ3) is 3.59. The van der Waals surface area contributed by atoms with Crippen LogP contribution < -0.4 is 5.32 Å². The van der Waals surface area contributed by atoms with Crippen LogP contribution in [0.1, 0.15) is 45.5 Å². The highest BCUT2D eigenvalue weighted by Gasteiger charge is 2.34. The topological polar surface area (TPSA) is 58.4 Å². The number of halogens is 1. The number of fused-ring (bicyclic) bond motifs is 1. The van der Waals surface area contributed by atoms with Gasteiger partial charge in [-0.3, -0.25) is 0 Å². The molecule has 2 aromatic carbocycles. The molecule has 5 nitrogen and oxygen atoms in total. The molecule has 4 rings (SSSR count). The van der Waals surface area contributed by atoms with Crippen LogP contribution in [0.3, 0.4) is 0 Å². The van der Waals surface area contributed by atoms with Crippen LogP contribution in [0.5, 0.6) is 0 Å². The maximum atomic E-state index is 14.1. The minimum Gasteiger partial charge on any atom is -0.438 e. The number of hydrogen-bond donors (Lipinski definition) is 1. The van der Waals surface area contributed by atoms with Gasteiger partial charge in [0.25, 0.3) is 0 Å². The SMILES string of the molecule is CC(C)(C)NC(=O)N1CCC[C@@H]1c1nc2cc(-c3ccccc3F)ccc2o1. The van der Waals surface area contributed by atoms with Crippen molar-refractivity contribution in [2.24, 2.45) is 0 Å². The molecule has 0 radical (unpaired) electrons. The van der Waals surface area contributed by atoms with E-state index in [1.54, 1.807) is 23.1 Å². The molecule has 1 aliphatic rings. The molecule has 0 saturated carbocycles. The number of amides is 2. The predicted octanol–water partition coefficient (Wildman–Crippen LogP) is 5.28. The van der Waals surface area contributed by atoms with Crippen LogP contribution in [0.4, 0.5) is 9.18 Å². The molecule has 6 heteroatoms. The zero-order chi connectivity index (χ0) is 19.9. The summed E-state index contributed by atoms with van der Waals surface area (Å²) in [5.41, 5.74) is 2.28. The lowest BCUT2D eigenvalue weighted by atomic mass is 10.0. The molecule has 1 atom stereocenters. The van der Waals surface area contributed by atoms with E-state index in [9.17, 15) is 9.18 Å². The van der Waals surface area contributed by atoms with Crippen molar-refractivity contribution in [3.8, 4) is 11.1 Å². The van der Waals surface area contributed by atoms with Gasteiger partial charge in [0.15, 0.2) is 5.58 Å². The van der Waals surface area contributed by atoms with Crippen molar-refractivity contribution in [2.75, 3.05) is 6.54 Å². The normalized spacial score (nSPS) is 17.3. The first-order valence-corrected chi connectivity index (χ1v) is 9.56. The highest BCUT2D eigenvalue weighted by Crippen LogP contribution is 2.34. The van der Waals surface area contributed by atoms with Crippen LogP contribution in [0, 0.1) is 5.82 Å². The van der Waals surface area contributed by atoms with E-state index in [1.165, 1.54) is 6.07 Å². The fraction of sp³-hybridized carbons (Fsp3) is 0.364. The summed E-state index contributed by atoms with van der Waals surface area (Å²) in [6.45, 7) is 6.55. The molecule has 0 unspecified atom stereocenters. The molecule has 1 N–H and O–H groups in total. The smallest absolute Gasteiger partial charge is 0.318 e. The summed E-state index contributed by atoms with van der Waals surface area (Å²) in [5, 5.41) is 3.01. The summed E-state index contributed by atoms with van der Waals surface area (Å²) in [6, 6.07) is 11.8. The van der Waals surface area contributed by atoms with Gasteiger partial charge in [-0.1, -0.05) is 24.3 Å². The Labute approximate surface area is 163 Å². The van der Waals surface area contributed by atoms with Crippen molar-refractivity contribution in [3.63, 3.8) is 0 Å². The van der Waals surface area contributed by atoms with Gasteiger partial charge in [-0.2, -0.15) is 0 Å². The first-order valence-electron chi connectivity index (χ1n) is 9.56. The molecular formula is C22H24FN3O2. The Bertz CT molecular complexity index is 1020. The first kappa shape index (κ1) is 18.5. The molecule has 1 aliphatic heterocycles. The molecule has 1 saturated heterocycles. The summed E-state index contributed by atoms with van der Waals surface area (Å²) in [7, 11) is 0. The summed E-state index contributed by atoms with van der Waals surface area (Å²) in [6.07, 6.45) is 1.71. The molecular weight excluding hydrogens is 357 g/mol. The first-order chi connectivity index (χ1) is 13.3. The van der Waals surface area contributed by atoms with E-state index < -0.39 is 0 Å². The van der Waals surface area contributed by atoms with Crippen LogP contribution >= 0.6 is 0 Å². The zero-order valence-electron chi connectivity index (χ0n) is 16.3. The number of nitrogens with one attached hydrogen (secondary N) is 1. The van der Waals surface area contributed by atoms with Gasteiger partial charge in [-0.05, 0) is 57.4 Å². The second-order valence-corrected chi connectivity index (χ2v) is 8.25. The summed E-state index contributed by atoms with van der Waals surface area (Å²) >= 11 is 0. The van der Waals surface area contributed by atoms with Gasteiger partial charge in [0.1, 0.15) is 17.4 Å². The number of aromatic nitrogens is 1. The Hall–Kier alpha value is -2.89. The number of hydrogen-bond acceptors (Lipinski definition) is 3. The number of likely N-dealkylation sites (tertiary alicyclic amines) is 1. The number of carbonyl (C=O) groups is 1. The standard InChI is InChI=1S/C22H24FN3O2/c1-22(2,3)25-21(27)26-12-6-9-18(26)20-24-17-13-14(10-11-19(17)28-20)15-7-4-5-8-16(15)23/h4-5,7-8,10-11,13,18H,6,9,12H2,1-3H3,(H,25,27)/t18-/m1/s1.